The quantitative estimate of drug-likeness (QED) is 0.0487. The molecule has 16 atom stereocenters. The number of alkyl carbamates (subject to hydrolysis) is 1. The van der Waals surface area contributed by atoms with E-state index in [1.807, 2.05) is 0 Å². The molecular weight excluding hydrogens is 1010 g/mol. The van der Waals surface area contributed by atoms with Crippen LogP contribution in [0.15, 0.2) is 71.8 Å². The monoisotopic (exact) mass is 1080 g/mol. The van der Waals surface area contributed by atoms with Gasteiger partial charge in [-0.15, -0.1) is 0 Å². The van der Waals surface area contributed by atoms with Gasteiger partial charge in [0.2, 0.25) is 0 Å². The van der Waals surface area contributed by atoms with E-state index < -0.39 is 156 Å². The molecule has 2 heterocycles. The second kappa shape index (κ2) is 23.1. The minimum Gasteiger partial charge on any atom is -0.456 e. The van der Waals surface area contributed by atoms with E-state index in [-0.39, 0.29) is 61.2 Å². The molecule has 8 N–H and O–H groups in total. The van der Waals surface area contributed by atoms with Crippen molar-refractivity contribution < 1.29 is 102 Å². The van der Waals surface area contributed by atoms with Crippen LogP contribution in [0.2, 0.25) is 0 Å². The van der Waals surface area contributed by atoms with Crippen molar-refractivity contribution in [2.45, 2.75) is 184 Å². The van der Waals surface area contributed by atoms with Gasteiger partial charge >= 0.3 is 30.0 Å². The standard InChI is InChI=1S/C55H73NO21/c1-28-32(72-48(67)40(62)38(30-18-12-9-13-19-30)56-50(68)77-51(3,4)5)25-55(69)46(75-47(66)31-20-14-10-15-21-31)44-53(8,34(59)24-35-54(44,27-71-35)76-29(2)58)45(65)43(37(28)52(55,6)7)74-36(60)22-16-11-17-23-70-49-42(64)41(63)39(61)33(26-57)73-49/h9-10,12-15,18-21,32-35,38-44,46,49,57,59,61-64,69H,11,16-17,22-27H2,1-8H3,(H,56,68)/t32-,33+,34-,35+,38-,39-,40+,41-,42+,43+,44-,46-,49-,53+,54-,55+/m0/s1. The number of hydrogen-bond acceptors (Lipinski definition) is 21. The highest BCUT2D eigenvalue weighted by atomic mass is 16.7. The van der Waals surface area contributed by atoms with Crippen LogP contribution < -0.4 is 5.32 Å². The zero-order chi connectivity index (χ0) is 56.6. The summed E-state index contributed by atoms with van der Waals surface area (Å²) in [5.41, 5.74) is -9.00. The van der Waals surface area contributed by atoms with Crippen LogP contribution in [0.3, 0.4) is 0 Å². The molecule has 2 aromatic carbocycles. The van der Waals surface area contributed by atoms with Crippen LogP contribution in [0.1, 0.15) is 116 Å². The van der Waals surface area contributed by atoms with Gasteiger partial charge in [0.25, 0.3) is 0 Å². The van der Waals surface area contributed by atoms with E-state index in [4.69, 9.17) is 37.9 Å². The molecule has 2 aliphatic heterocycles. The smallest absolute Gasteiger partial charge is 0.408 e. The van der Waals surface area contributed by atoms with Gasteiger partial charge in [-0.3, -0.25) is 14.4 Å². The lowest BCUT2D eigenvalue weighted by Gasteiger charge is -2.67. The van der Waals surface area contributed by atoms with E-state index in [2.05, 4.69) is 5.32 Å². The first kappa shape index (κ1) is 59.3. The number of ketones is 1. The summed E-state index contributed by atoms with van der Waals surface area (Å²) in [6, 6.07) is 14.3. The predicted molar refractivity (Wildman–Crippen MR) is 266 cm³/mol. The summed E-state index contributed by atoms with van der Waals surface area (Å²) in [4.78, 5) is 85.7. The number of esters is 4. The summed E-state index contributed by atoms with van der Waals surface area (Å²) in [6.07, 6.45) is -19.2. The lowest BCUT2D eigenvalue weighted by atomic mass is 9.44. The summed E-state index contributed by atoms with van der Waals surface area (Å²) < 4.78 is 47.4. The Hall–Kier alpha value is -5.40. The van der Waals surface area contributed by atoms with Crippen molar-refractivity contribution in [1.82, 2.24) is 5.32 Å². The highest BCUT2D eigenvalue weighted by Gasteiger charge is 2.78. The summed E-state index contributed by atoms with van der Waals surface area (Å²) in [6.45, 7) is 10.8. The summed E-state index contributed by atoms with van der Waals surface area (Å²) in [5.74, 6) is -6.63. The maximum atomic E-state index is 16.0. The largest absolute Gasteiger partial charge is 0.456 e. The van der Waals surface area contributed by atoms with E-state index >= 15 is 4.79 Å². The number of rotatable bonds is 17. The highest BCUT2D eigenvalue weighted by molar-refractivity contribution is 5.96. The van der Waals surface area contributed by atoms with E-state index in [1.165, 1.54) is 39.8 Å². The van der Waals surface area contributed by atoms with Crippen molar-refractivity contribution in [3.05, 3.63) is 82.9 Å². The zero-order valence-electron chi connectivity index (χ0n) is 44.5. The average Bonchev–Trinajstić information content (AvgIpc) is 3.57. The van der Waals surface area contributed by atoms with Crippen molar-refractivity contribution in [2.75, 3.05) is 19.8 Å². The van der Waals surface area contributed by atoms with Gasteiger partial charge < -0.3 is 79.0 Å². The minimum atomic E-state index is -2.50. The van der Waals surface area contributed by atoms with Gasteiger partial charge in [-0.2, -0.15) is 0 Å². The molecule has 5 aliphatic rings. The number of hydrogen-bond donors (Lipinski definition) is 8. The topological polar surface area (TPSA) is 330 Å². The molecule has 2 bridgehead atoms. The molecule has 1 amide bonds. The van der Waals surface area contributed by atoms with Gasteiger partial charge in [-0.25, -0.2) is 14.4 Å². The first-order chi connectivity index (χ1) is 36.1. The number of aliphatic hydroxyl groups is 7. The Morgan fingerprint density at radius 2 is 1.52 bits per heavy atom. The normalized spacial score (nSPS) is 34.3. The number of carbonyl (C=O) groups excluding carboxylic acids is 6. The molecule has 0 aromatic heterocycles. The first-order valence-corrected chi connectivity index (χ1v) is 25.9. The number of ether oxygens (including phenoxy) is 8. The fourth-order valence-corrected chi connectivity index (χ4v) is 11.8. The van der Waals surface area contributed by atoms with Gasteiger partial charge in [-0.05, 0) is 76.3 Å². The number of benzene rings is 2. The molecule has 0 radical (unpaired) electrons. The number of unbranched alkanes of at least 4 members (excludes halogenated alkanes) is 2. The molecular formula is C55H73NO21. The Bertz CT molecular complexity index is 2510. The third-order valence-corrected chi connectivity index (χ3v) is 16.0. The fourth-order valence-electron chi connectivity index (χ4n) is 11.8. The number of nitrogens with one attached hydrogen (secondary N) is 1. The minimum absolute atomic E-state index is 0.0221. The second-order valence-electron chi connectivity index (χ2n) is 22.4. The van der Waals surface area contributed by atoms with Crippen LogP contribution in [0.4, 0.5) is 4.79 Å². The van der Waals surface area contributed by atoms with Crippen LogP contribution in [0, 0.1) is 16.7 Å². The Morgan fingerprint density at radius 1 is 0.870 bits per heavy atom. The van der Waals surface area contributed by atoms with E-state index in [0.29, 0.717) is 6.42 Å². The maximum absolute atomic E-state index is 16.0. The van der Waals surface area contributed by atoms with Crippen molar-refractivity contribution in [1.29, 1.82) is 0 Å². The summed E-state index contributed by atoms with van der Waals surface area (Å²) in [7, 11) is 0. The number of fused-ring (bicyclic) bond motifs is 5. The molecule has 3 aliphatic carbocycles. The zero-order valence-corrected chi connectivity index (χ0v) is 44.5. The van der Waals surface area contributed by atoms with Gasteiger partial charge in [0.05, 0.1) is 42.3 Å². The summed E-state index contributed by atoms with van der Waals surface area (Å²) in [5, 5.41) is 80.9. The summed E-state index contributed by atoms with van der Waals surface area (Å²) >= 11 is 0. The number of aliphatic hydroxyl groups excluding tert-OH is 6. The predicted octanol–water partition coefficient (Wildman–Crippen LogP) is 2.19. The Labute approximate surface area is 445 Å². The van der Waals surface area contributed by atoms with Crippen molar-refractivity contribution in [3.8, 4) is 0 Å². The Balaban J connectivity index is 1.28. The number of Topliss-reactive ketones (excluding diaryl/α,β-unsaturated/α-hetero) is 1. The van der Waals surface area contributed by atoms with E-state index in [9.17, 15) is 59.7 Å². The van der Waals surface area contributed by atoms with Crippen LogP contribution >= 0.6 is 0 Å². The lowest BCUT2D eigenvalue weighted by Crippen LogP contribution is -2.82. The molecule has 424 valence electrons. The number of amides is 1. The van der Waals surface area contributed by atoms with Crippen LogP contribution in [-0.4, -0.2) is 175 Å². The highest BCUT2D eigenvalue weighted by Crippen LogP contribution is 2.64. The second-order valence-corrected chi connectivity index (χ2v) is 22.4. The molecule has 77 heavy (non-hydrogen) atoms. The molecule has 0 spiro atoms. The lowest BCUT2D eigenvalue weighted by molar-refractivity contribution is -0.346. The third-order valence-electron chi connectivity index (χ3n) is 16.0. The van der Waals surface area contributed by atoms with Gasteiger partial charge in [0.1, 0.15) is 53.9 Å². The molecule has 7 rings (SSSR count). The van der Waals surface area contributed by atoms with Crippen molar-refractivity contribution in [2.24, 2.45) is 16.7 Å². The van der Waals surface area contributed by atoms with E-state index in [1.54, 1.807) is 69.3 Å². The molecule has 2 saturated carbocycles. The molecule has 22 nitrogen and oxygen atoms in total. The molecule has 2 saturated heterocycles. The molecule has 4 fully saturated rings. The maximum Gasteiger partial charge on any atom is 0.408 e. The SMILES string of the molecule is CC(=O)O[C@@]12CO[C@@H]1C[C@H](O)[C@@]1(C)C(=O)[C@H](OC(=O)CCCCCO[C@H]3O[C@H](CO)[C@H](O)[C@H](O)[C@H]3O)C3=C(C)[C@@H](OC(=O)[C@H](O)[C@@H](NC(=O)OC(C)(C)C)c4ccccc4)C[C@@](O)([C@@H](OC(=O)c4ccccc4)[C@H]21)C3(C)C. The van der Waals surface area contributed by atoms with Crippen molar-refractivity contribution in [3.63, 3.8) is 0 Å². The Kier molecular flexibility index (Phi) is 17.8. The third kappa shape index (κ3) is 11.6. The fraction of sp³-hybridized carbons (Fsp3) is 0.636. The van der Waals surface area contributed by atoms with Crippen LogP contribution in [-0.2, 0) is 57.1 Å². The molecule has 22 heteroatoms. The van der Waals surface area contributed by atoms with Crippen LogP contribution in [0.5, 0.6) is 0 Å². The Morgan fingerprint density at radius 3 is 2.12 bits per heavy atom. The number of carbonyl (C=O) groups is 6. The van der Waals surface area contributed by atoms with Gasteiger partial charge in [-0.1, -0.05) is 68.8 Å². The van der Waals surface area contributed by atoms with Crippen molar-refractivity contribution >= 4 is 35.8 Å². The van der Waals surface area contributed by atoms with E-state index in [0.717, 1.165) is 6.92 Å². The molecule has 0 unspecified atom stereocenters. The molecule has 2 aromatic rings. The first-order valence-electron chi connectivity index (χ1n) is 25.9. The van der Waals surface area contributed by atoms with Gasteiger partial charge in [0.15, 0.2) is 29.9 Å². The average molecular weight is 1080 g/mol. The van der Waals surface area contributed by atoms with Gasteiger partial charge in [0, 0.05) is 38.2 Å². The van der Waals surface area contributed by atoms with Crippen LogP contribution in [0.25, 0.3) is 0 Å².